The van der Waals surface area contributed by atoms with Gasteiger partial charge >= 0.3 is 37.7 Å². The Balaban J connectivity index is -0.0000000257. The predicted molar refractivity (Wildman–Crippen MR) is 54.4 cm³/mol. The first kappa shape index (κ1) is 36.0. The van der Waals surface area contributed by atoms with Crippen LogP contribution in [0.5, 0.6) is 0 Å². The van der Waals surface area contributed by atoms with E-state index in [1.807, 2.05) is 0 Å². The second-order valence-electron chi connectivity index (χ2n) is 0.923. The minimum absolute atomic E-state index is 0. The molecule has 0 aromatic heterocycles. The molecule has 0 atom stereocenters. The first-order valence-corrected chi connectivity index (χ1v) is 2.23. The van der Waals surface area contributed by atoms with Crippen LogP contribution in [0.3, 0.4) is 0 Å². The molecule has 104 valence electrons. The van der Waals surface area contributed by atoms with E-state index in [1.54, 1.807) is 0 Å². The van der Waals surface area contributed by atoms with Crippen LogP contribution in [0.1, 0.15) is 0 Å². The number of hydrogen-bond donors (Lipinski definition) is 2. The van der Waals surface area contributed by atoms with Gasteiger partial charge in [-0.1, -0.05) is 0 Å². The number of rotatable bonds is 0. The van der Waals surface area contributed by atoms with Gasteiger partial charge in [-0.05, 0) is 0 Å². The molecule has 0 rings (SSSR count). The molecule has 0 spiro atoms. The summed E-state index contributed by atoms with van der Waals surface area (Å²) in [6.45, 7) is 0. The van der Waals surface area contributed by atoms with Crippen molar-refractivity contribution >= 4 is 51.2 Å². The van der Waals surface area contributed by atoms with E-state index in [-0.39, 0.29) is 51.2 Å². The topological polar surface area (TPSA) is 259 Å². The molecule has 0 radical (unpaired) electrons. The Labute approximate surface area is 132 Å². The van der Waals surface area contributed by atoms with E-state index in [0.29, 0.717) is 0 Å². The zero-order valence-electron chi connectivity index (χ0n) is 7.97. The summed E-state index contributed by atoms with van der Waals surface area (Å²) in [7, 11) is 0. The quantitative estimate of drug-likeness (QED) is 0.294. The maximum absolute atomic E-state index is 8.36. The summed E-state index contributed by atoms with van der Waals surface area (Å²) in [5, 5.41) is 56.8. The van der Waals surface area contributed by atoms with E-state index < -0.39 is 20.3 Å². The summed E-state index contributed by atoms with van der Waals surface area (Å²) in [6, 6.07) is 0. The van der Waals surface area contributed by atoms with Gasteiger partial charge in [-0.25, -0.2) is 0 Å². The zero-order valence-corrected chi connectivity index (χ0v) is 11.2. The molecule has 0 aromatic rings. The van der Waals surface area contributed by atoms with Crippen LogP contribution in [-0.2, 0) is 0 Å². The third-order valence-corrected chi connectivity index (χ3v) is 0. The first-order chi connectivity index (χ1) is 6.93. The first-order valence-electron chi connectivity index (χ1n) is 2.23. The van der Waals surface area contributed by atoms with E-state index in [4.69, 9.17) is 61.3 Å². The van der Waals surface area contributed by atoms with Crippen LogP contribution in [0.4, 0.5) is 0 Å². The van der Waals surface area contributed by atoms with Crippen molar-refractivity contribution in [3.8, 4) is 0 Å². The fourth-order valence-corrected chi connectivity index (χ4v) is 0. The molecule has 0 amide bonds. The minimum Gasteiger partial charge on any atom is -0.356 e. The average molecular weight is 324 g/mol. The summed E-state index contributed by atoms with van der Waals surface area (Å²) in [5.41, 5.74) is 0. The minimum atomic E-state index is -1.75. The normalized spacial score (nSPS) is 5.33. The summed E-state index contributed by atoms with van der Waals surface area (Å²) in [5.74, 6) is 0. The van der Waals surface area contributed by atoms with Crippen molar-refractivity contribution in [3.63, 3.8) is 0 Å². The standard InChI is InChI=1S/Ca.2HNO3.2NO3.H2S/c;4*2-1(3)4;/h;2*(H,2,3,4);;;1H2/q+2;;;2*-1;. The third-order valence-electron chi connectivity index (χ3n) is 0. The summed E-state index contributed by atoms with van der Waals surface area (Å²) in [4.78, 5) is 33.2. The van der Waals surface area contributed by atoms with Crippen LogP contribution in [-0.4, -0.2) is 68.5 Å². The Kier molecular flexibility index (Phi) is 59.0. The molecule has 0 aliphatic heterocycles. The van der Waals surface area contributed by atoms with E-state index in [0.717, 1.165) is 0 Å². The van der Waals surface area contributed by atoms with E-state index in [9.17, 15) is 0 Å². The summed E-state index contributed by atoms with van der Waals surface area (Å²) in [6.07, 6.45) is 0. The molecule has 2 N–H and O–H groups in total. The monoisotopic (exact) mass is 324 g/mol. The summed E-state index contributed by atoms with van der Waals surface area (Å²) < 4.78 is 0. The molecule has 0 heterocycles. The van der Waals surface area contributed by atoms with Crippen LogP contribution >= 0.6 is 13.5 Å². The van der Waals surface area contributed by atoms with Crippen LogP contribution in [0.25, 0.3) is 0 Å². The molecule has 18 heteroatoms. The Bertz CT molecular complexity index is 164. The molecular weight excluding hydrogens is 320 g/mol. The molecule has 0 aliphatic carbocycles. The van der Waals surface area contributed by atoms with Gasteiger partial charge in [-0.15, -0.1) is 20.2 Å². The summed E-state index contributed by atoms with van der Waals surface area (Å²) >= 11 is 0. The van der Waals surface area contributed by atoms with Crippen LogP contribution < -0.4 is 0 Å². The van der Waals surface area contributed by atoms with Crippen molar-refractivity contribution in [1.29, 1.82) is 0 Å². The van der Waals surface area contributed by atoms with Gasteiger partial charge in [-0.2, -0.15) is 13.5 Å². The van der Waals surface area contributed by atoms with Crippen molar-refractivity contribution in [3.05, 3.63) is 50.9 Å². The SMILES string of the molecule is O=[N+]([O-])O.O=[N+]([O-])O.O=[N+]([O-])[O-].O=[N+]([O-])[O-].S.[Ca+2]. The molecule has 0 unspecified atom stereocenters. The second-order valence-corrected chi connectivity index (χ2v) is 0.923. The fourth-order valence-electron chi connectivity index (χ4n) is 0. The molecule has 0 bridgehead atoms. The molecule has 0 aromatic carbocycles. The van der Waals surface area contributed by atoms with E-state index in [1.165, 1.54) is 0 Å². The molecule has 0 saturated heterocycles. The van der Waals surface area contributed by atoms with Gasteiger partial charge in [0.25, 0.3) is 10.2 Å². The Morgan fingerprint density at radius 1 is 0.611 bits per heavy atom. The third kappa shape index (κ3) is 1020. The largest absolute Gasteiger partial charge is 2.00 e. The van der Waals surface area contributed by atoms with Crippen LogP contribution in [0, 0.1) is 50.9 Å². The smallest absolute Gasteiger partial charge is 0.356 e. The predicted octanol–water partition coefficient (Wildman–Crippen LogP) is -1.44. The molecule has 0 fully saturated rings. The van der Waals surface area contributed by atoms with Gasteiger partial charge in [0.05, 0.1) is 10.2 Å². The van der Waals surface area contributed by atoms with Gasteiger partial charge in [0, 0.05) is 0 Å². The molecule has 0 saturated carbocycles. The van der Waals surface area contributed by atoms with Crippen molar-refractivity contribution < 1.29 is 30.8 Å². The van der Waals surface area contributed by atoms with Gasteiger partial charge in [0.2, 0.25) is 0 Å². The molecular formula is H4CaN4O12S. The van der Waals surface area contributed by atoms with Gasteiger partial charge in [0.15, 0.2) is 0 Å². The van der Waals surface area contributed by atoms with E-state index in [2.05, 4.69) is 0 Å². The fraction of sp³-hybridized carbons (Fsp3) is 0. The zero-order chi connectivity index (χ0) is 14.3. The van der Waals surface area contributed by atoms with Crippen molar-refractivity contribution in [2.45, 2.75) is 0 Å². The molecule has 16 nitrogen and oxygen atoms in total. The van der Waals surface area contributed by atoms with Crippen molar-refractivity contribution in [2.75, 3.05) is 0 Å². The maximum atomic E-state index is 8.36. The number of nitrogens with zero attached hydrogens (tertiary/aromatic N) is 4. The van der Waals surface area contributed by atoms with E-state index >= 15 is 0 Å². The van der Waals surface area contributed by atoms with Gasteiger partial charge in [0.1, 0.15) is 0 Å². The van der Waals surface area contributed by atoms with Crippen LogP contribution in [0.2, 0.25) is 0 Å². The Hall–Kier alpha value is -1.59. The van der Waals surface area contributed by atoms with Gasteiger partial charge in [-0.3, -0.25) is 0 Å². The number of hydrogen-bond acceptors (Lipinski definition) is 10. The molecule has 0 aliphatic rings. The average Bonchev–Trinajstić information content (AvgIpc) is 1.76. The van der Waals surface area contributed by atoms with Crippen molar-refractivity contribution in [1.82, 2.24) is 0 Å². The Morgan fingerprint density at radius 3 is 0.611 bits per heavy atom. The van der Waals surface area contributed by atoms with Gasteiger partial charge < -0.3 is 41.1 Å². The molecule has 18 heavy (non-hydrogen) atoms. The maximum Gasteiger partial charge on any atom is 2.00 e. The second kappa shape index (κ2) is 29.5. The van der Waals surface area contributed by atoms with Crippen molar-refractivity contribution in [2.24, 2.45) is 0 Å². The Morgan fingerprint density at radius 2 is 0.611 bits per heavy atom. The van der Waals surface area contributed by atoms with Crippen LogP contribution in [0.15, 0.2) is 0 Å².